The molecule has 4 heteroatoms. The third-order valence-electron chi connectivity index (χ3n) is 6.33. The Kier molecular flexibility index (Phi) is 38.5. The van der Waals surface area contributed by atoms with Crippen molar-refractivity contribution in [2.45, 2.75) is 129 Å². The molecule has 0 heterocycles. The molecule has 44 heavy (non-hydrogen) atoms. The highest BCUT2D eigenvalue weighted by Gasteiger charge is 1.94. The molecular formula is C40H62O4. The van der Waals surface area contributed by atoms with Gasteiger partial charge in [-0.2, -0.15) is 0 Å². The first-order valence-corrected chi connectivity index (χ1v) is 16.9. The summed E-state index contributed by atoms with van der Waals surface area (Å²) in [6.45, 7) is 4.44. The van der Waals surface area contributed by atoms with Crippen LogP contribution in [0.5, 0.6) is 0 Å². The number of unbranched alkanes of at least 4 members (excludes halogenated alkanes) is 11. The van der Waals surface area contributed by atoms with Gasteiger partial charge in [-0.1, -0.05) is 169 Å². The minimum Gasteiger partial charge on any atom is -0.481 e. The van der Waals surface area contributed by atoms with E-state index in [2.05, 4.69) is 74.6 Å². The van der Waals surface area contributed by atoms with Gasteiger partial charge in [0, 0.05) is 12.5 Å². The maximum atomic E-state index is 10.3. The summed E-state index contributed by atoms with van der Waals surface area (Å²) in [6, 6.07) is 0. The number of carboxylic acid groups (broad SMARTS) is 2. The molecule has 0 aliphatic heterocycles. The van der Waals surface area contributed by atoms with Crippen LogP contribution in [0.4, 0.5) is 0 Å². The molecule has 0 saturated heterocycles. The highest BCUT2D eigenvalue weighted by molar-refractivity contribution is 5.80. The Bertz CT molecular complexity index is 910. The van der Waals surface area contributed by atoms with E-state index in [4.69, 9.17) is 10.2 Å². The van der Waals surface area contributed by atoms with E-state index in [1.165, 1.54) is 63.9 Å². The van der Waals surface area contributed by atoms with Gasteiger partial charge in [-0.05, 0) is 57.8 Å². The van der Waals surface area contributed by atoms with E-state index >= 15 is 0 Å². The quantitative estimate of drug-likeness (QED) is 0.0422. The monoisotopic (exact) mass is 606 g/mol. The van der Waals surface area contributed by atoms with Crippen molar-refractivity contribution in [2.24, 2.45) is 0 Å². The van der Waals surface area contributed by atoms with Crippen LogP contribution in [0.2, 0.25) is 0 Å². The summed E-state index contributed by atoms with van der Waals surface area (Å²) in [4.78, 5) is 20.5. The molecule has 0 fully saturated rings. The van der Waals surface area contributed by atoms with Gasteiger partial charge in [0.1, 0.15) is 0 Å². The summed E-state index contributed by atoms with van der Waals surface area (Å²) in [7, 11) is 0. The molecule has 0 unspecified atom stereocenters. The summed E-state index contributed by atoms with van der Waals surface area (Å²) in [5, 5.41) is 16.9. The van der Waals surface area contributed by atoms with Crippen LogP contribution in [-0.2, 0) is 9.59 Å². The normalized spacial score (nSPS) is 12.6. The zero-order valence-corrected chi connectivity index (χ0v) is 27.8. The third kappa shape index (κ3) is 45.6. The first-order valence-electron chi connectivity index (χ1n) is 16.9. The van der Waals surface area contributed by atoms with Crippen molar-refractivity contribution in [1.82, 2.24) is 0 Å². The maximum Gasteiger partial charge on any atom is 0.328 e. The topological polar surface area (TPSA) is 74.6 Å². The van der Waals surface area contributed by atoms with Crippen molar-refractivity contribution in [2.75, 3.05) is 0 Å². The molecule has 0 saturated carbocycles. The van der Waals surface area contributed by atoms with E-state index in [9.17, 15) is 9.59 Å². The fourth-order valence-corrected chi connectivity index (χ4v) is 3.85. The van der Waals surface area contributed by atoms with Crippen LogP contribution in [0.25, 0.3) is 0 Å². The van der Waals surface area contributed by atoms with Gasteiger partial charge in [-0.3, -0.25) is 4.79 Å². The van der Waals surface area contributed by atoms with E-state index in [1.54, 1.807) is 12.2 Å². The molecule has 0 aromatic rings. The zero-order valence-electron chi connectivity index (χ0n) is 27.8. The number of hydrogen-bond acceptors (Lipinski definition) is 2. The first kappa shape index (κ1) is 42.7. The molecule has 0 radical (unpaired) electrons. The van der Waals surface area contributed by atoms with Gasteiger partial charge in [0.15, 0.2) is 0 Å². The smallest absolute Gasteiger partial charge is 0.328 e. The standard InChI is InChI=1S/C20H32O2.C20H30O2/c2*1-2-3-4-5-6-7-8-9-10-11-12-13-14-15-16-17-18-19-20(21)22/h4-5,7-8,10-11,13-14H,2-3,6,9,12,15-19H2,1H3,(H,21,22);10-19H,2-9H2,1H3,(H,21,22)/b5-4+,8-7+,11-10+,14-13+;11-10+,13-12+,15-14+,17-16+,19-18+. The second-order valence-corrected chi connectivity index (χ2v) is 10.6. The lowest BCUT2D eigenvalue weighted by molar-refractivity contribution is -0.137. The number of hydrogen-bond donors (Lipinski definition) is 2. The van der Waals surface area contributed by atoms with E-state index in [-0.39, 0.29) is 0 Å². The molecule has 4 nitrogen and oxygen atoms in total. The Morgan fingerprint density at radius 1 is 0.432 bits per heavy atom. The molecular weight excluding hydrogens is 544 g/mol. The average Bonchev–Trinajstić information content (AvgIpc) is 3.00. The molecule has 0 aromatic heterocycles. The molecule has 0 bridgehead atoms. The van der Waals surface area contributed by atoms with Gasteiger partial charge in [0.05, 0.1) is 0 Å². The predicted molar refractivity (Wildman–Crippen MR) is 192 cm³/mol. The van der Waals surface area contributed by atoms with Gasteiger partial charge in [0.25, 0.3) is 0 Å². The Morgan fingerprint density at radius 2 is 0.864 bits per heavy atom. The summed E-state index contributed by atoms with van der Waals surface area (Å²) >= 11 is 0. The highest BCUT2D eigenvalue weighted by atomic mass is 16.4. The Morgan fingerprint density at radius 3 is 1.39 bits per heavy atom. The molecule has 0 spiro atoms. The molecule has 0 aliphatic carbocycles. The maximum absolute atomic E-state index is 10.3. The molecule has 0 rings (SSSR count). The summed E-state index contributed by atoms with van der Waals surface area (Å²) < 4.78 is 0. The lowest BCUT2D eigenvalue weighted by Gasteiger charge is -1.98. The molecule has 0 atom stereocenters. The second kappa shape index (κ2) is 39.6. The lowest BCUT2D eigenvalue weighted by Crippen LogP contribution is -1.93. The van der Waals surface area contributed by atoms with Crippen LogP contribution in [0.15, 0.2) is 109 Å². The molecule has 2 N–H and O–H groups in total. The Balaban J connectivity index is 0. The number of carboxylic acids is 2. The number of allylic oxidation sites excluding steroid dienone is 17. The Labute approximate surface area is 270 Å². The molecule has 0 amide bonds. The largest absolute Gasteiger partial charge is 0.481 e. The van der Waals surface area contributed by atoms with E-state index in [1.807, 2.05) is 24.3 Å². The third-order valence-corrected chi connectivity index (χ3v) is 6.33. The van der Waals surface area contributed by atoms with Gasteiger partial charge in [-0.15, -0.1) is 0 Å². The lowest BCUT2D eigenvalue weighted by atomic mass is 10.1. The van der Waals surface area contributed by atoms with E-state index in [0.717, 1.165) is 57.4 Å². The van der Waals surface area contributed by atoms with Crippen molar-refractivity contribution in [3.63, 3.8) is 0 Å². The van der Waals surface area contributed by atoms with Crippen LogP contribution in [-0.4, -0.2) is 22.2 Å². The van der Waals surface area contributed by atoms with E-state index < -0.39 is 11.9 Å². The van der Waals surface area contributed by atoms with Crippen molar-refractivity contribution in [1.29, 1.82) is 0 Å². The van der Waals surface area contributed by atoms with Crippen molar-refractivity contribution < 1.29 is 19.8 Å². The molecule has 246 valence electrons. The Hall–Kier alpha value is -3.40. The predicted octanol–water partition coefficient (Wildman–Crippen LogP) is 12.2. The van der Waals surface area contributed by atoms with Crippen molar-refractivity contribution in [3.8, 4) is 0 Å². The van der Waals surface area contributed by atoms with Gasteiger partial charge in [0.2, 0.25) is 0 Å². The second-order valence-electron chi connectivity index (χ2n) is 10.6. The van der Waals surface area contributed by atoms with E-state index in [0.29, 0.717) is 6.42 Å². The van der Waals surface area contributed by atoms with Crippen molar-refractivity contribution in [3.05, 3.63) is 109 Å². The average molecular weight is 607 g/mol. The van der Waals surface area contributed by atoms with Crippen molar-refractivity contribution >= 4 is 11.9 Å². The van der Waals surface area contributed by atoms with Crippen LogP contribution in [0.3, 0.4) is 0 Å². The van der Waals surface area contributed by atoms with Crippen LogP contribution in [0, 0.1) is 0 Å². The number of rotatable bonds is 27. The molecule has 0 aliphatic rings. The summed E-state index contributed by atoms with van der Waals surface area (Å²) in [5.74, 6) is -1.62. The number of carbonyl (C=O) groups is 2. The number of aliphatic carboxylic acids is 2. The van der Waals surface area contributed by atoms with Crippen LogP contribution in [0.1, 0.15) is 129 Å². The fourth-order valence-electron chi connectivity index (χ4n) is 3.85. The van der Waals surface area contributed by atoms with Crippen LogP contribution < -0.4 is 0 Å². The fraction of sp³-hybridized carbons (Fsp3) is 0.500. The minimum atomic E-state index is -0.931. The minimum absolute atomic E-state index is 0.300. The van der Waals surface area contributed by atoms with Crippen LogP contribution >= 0.6 is 0 Å². The zero-order chi connectivity index (χ0) is 32.6. The highest BCUT2D eigenvalue weighted by Crippen LogP contribution is 2.08. The summed E-state index contributed by atoms with van der Waals surface area (Å²) in [6.07, 6.45) is 56.1. The van der Waals surface area contributed by atoms with Gasteiger partial charge < -0.3 is 10.2 Å². The summed E-state index contributed by atoms with van der Waals surface area (Å²) in [5.41, 5.74) is 0. The molecule has 0 aromatic carbocycles. The SMILES string of the molecule is CCC/C=C/C/C=C/C/C=C/C/C=C/CCCCCC(=O)O.CCCCCCCCC/C=C/C=C/C=C/C=C/C=C/C(=O)O. The first-order chi connectivity index (χ1) is 21.5. The van der Waals surface area contributed by atoms with Gasteiger partial charge in [-0.25, -0.2) is 4.79 Å². The van der Waals surface area contributed by atoms with Gasteiger partial charge >= 0.3 is 11.9 Å².